The molecule has 0 radical (unpaired) electrons. The Labute approximate surface area is 113 Å². The Morgan fingerprint density at radius 3 is 2.89 bits per heavy atom. The van der Waals surface area contributed by atoms with Gasteiger partial charge in [0.25, 0.3) is 0 Å². The minimum Gasteiger partial charge on any atom is -0.494 e. The summed E-state index contributed by atoms with van der Waals surface area (Å²) >= 11 is 0. The highest BCUT2D eigenvalue weighted by Crippen LogP contribution is 2.08. The minimum atomic E-state index is -0.405. The molecule has 1 aromatic carbocycles. The van der Waals surface area contributed by atoms with Crippen molar-refractivity contribution in [2.24, 2.45) is 0 Å². The first-order valence-electron chi connectivity index (χ1n) is 6.63. The highest BCUT2D eigenvalue weighted by Gasteiger charge is 2.27. The lowest BCUT2D eigenvalue weighted by molar-refractivity contribution is -0.122. The van der Waals surface area contributed by atoms with Gasteiger partial charge in [-0.25, -0.2) is 0 Å². The summed E-state index contributed by atoms with van der Waals surface area (Å²) in [5.41, 5.74) is 0. The molecule has 1 saturated heterocycles. The maximum absolute atomic E-state index is 11.7. The van der Waals surface area contributed by atoms with Crippen molar-refractivity contribution in [3.05, 3.63) is 30.3 Å². The maximum Gasteiger partial charge on any atom is 0.237 e. The predicted octanol–water partition coefficient (Wildman–Crippen LogP) is 0.295. The Balaban J connectivity index is 1.56. The van der Waals surface area contributed by atoms with E-state index in [9.17, 15) is 9.90 Å². The van der Waals surface area contributed by atoms with Crippen molar-refractivity contribution >= 4 is 5.91 Å². The molecule has 5 heteroatoms. The number of hydrogen-bond donors (Lipinski definition) is 3. The second-order valence-corrected chi connectivity index (χ2v) is 4.66. The number of ether oxygens (including phenoxy) is 1. The zero-order chi connectivity index (χ0) is 13.5. The summed E-state index contributed by atoms with van der Waals surface area (Å²) in [7, 11) is 0. The maximum atomic E-state index is 11.7. The molecule has 0 spiro atoms. The largest absolute Gasteiger partial charge is 0.494 e. The molecule has 2 unspecified atom stereocenters. The van der Waals surface area contributed by atoms with E-state index in [1.165, 1.54) is 0 Å². The molecule has 1 fully saturated rings. The Morgan fingerprint density at radius 2 is 2.21 bits per heavy atom. The third kappa shape index (κ3) is 4.54. The lowest BCUT2D eigenvalue weighted by Gasteiger charge is -2.11. The monoisotopic (exact) mass is 264 g/mol. The van der Waals surface area contributed by atoms with E-state index in [1.54, 1.807) is 0 Å². The van der Waals surface area contributed by atoms with Crippen molar-refractivity contribution in [3.8, 4) is 5.75 Å². The summed E-state index contributed by atoms with van der Waals surface area (Å²) < 4.78 is 5.52. The summed E-state index contributed by atoms with van der Waals surface area (Å²) in [5.74, 6) is 0.797. The van der Waals surface area contributed by atoms with Crippen molar-refractivity contribution < 1.29 is 14.6 Å². The number of carbonyl (C=O) groups excluding carboxylic acids is 1. The second-order valence-electron chi connectivity index (χ2n) is 4.66. The highest BCUT2D eigenvalue weighted by atomic mass is 16.5. The van der Waals surface area contributed by atoms with Gasteiger partial charge in [-0.1, -0.05) is 18.2 Å². The van der Waals surface area contributed by atoms with E-state index < -0.39 is 6.10 Å². The molecule has 1 aromatic rings. The second kappa shape index (κ2) is 7.11. The van der Waals surface area contributed by atoms with Crippen LogP contribution in [0, 0.1) is 0 Å². The van der Waals surface area contributed by atoms with Crippen LogP contribution in [0.25, 0.3) is 0 Å². The first kappa shape index (κ1) is 13.8. The van der Waals surface area contributed by atoms with Crippen LogP contribution in [0.3, 0.4) is 0 Å². The van der Waals surface area contributed by atoms with Crippen LogP contribution < -0.4 is 15.4 Å². The summed E-state index contributed by atoms with van der Waals surface area (Å²) in [6.07, 6.45) is 0.847. The van der Waals surface area contributed by atoms with E-state index in [1.807, 2.05) is 30.3 Å². The van der Waals surface area contributed by atoms with E-state index in [0.717, 1.165) is 12.2 Å². The van der Waals surface area contributed by atoms with Crippen LogP contribution >= 0.6 is 0 Å². The number of para-hydroxylation sites is 1. The van der Waals surface area contributed by atoms with Gasteiger partial charge in [-0.05, 0) is 25.0 Å². The molecule has 19 heavy (non-hydrogen) atoms. The molecule has 104 valence electrons. The van der Waals surface area contributed by atoms with Crippen molar-refractivity contribution in [3.63, 3.8) is 0 Å². The van der Waals surface area contributed by atoms with Crippen molar-refractivity contribution in [2.75, 3.05) is 19.7 Å². The van der Waals surface area contributed by atoms with Gasteiger partial charge in [-0.2, -0.15) is 0 Å². The van der Waals surface area contributed by atoms with Crippen LogP contribution in [0.2, 0.25) is 0 Å². The third-order valence-corrected chi connectivity index (χ3v) is 3.06. The molecule has 1 amide bonds. The lowest BCUT2D eigenvalue weighted by Crippen LogP contribution is -2.40. The third-order valence-electron chi connectivity index (χ3n) is 3.06. The van der Waals surface area contributed by atoms with Crippen LogP contribution in [0.4, 0.5) is 0 Å². The van der Waals surface area contributed by atoms with E-state index in [0.29, 0.717) is 26.1 Å². The van der Waals surface area contributed by atoms with Gasteiger partial charge in [0.2, 0.25) is 5.91 Å². The van der Waals surface area contributed by atoms with Crippen LogP contribution in [0.15, 0.2) is 30.3 Å². The molecule has 3 N–H and O–H groups in total. The summed E-state index contributed by atoms with van der Waals surface area (Å²) in [6, 6.07) is 9.34. The van der Waals surface area contributed by atoms with E-state index >= 15 is 0 Å². The SMILES string of the molecule is O=C(NCCCOc1ccccc1)C1CC(O)CN1. The zero-order valence-corrected chi connectivity index (χ0v) is 10.8. The highest BCUT2D eigenvalue weighted by molar-refractivity contribution is 5.82. The fourth-order valence-electron chi connectivity index (χ4n) is 2.03. The number of rotatable bonds is 6. The van der Waals surface area contributed by atoms with Crippen molar-refractivity contribution in [1.82, 2.24) is 10.6 Å². The van der Waals surface area contributed by atoms with Gasteiger partial charge in [0.1, 0.15) is 5.75 Å². The molecule has 5 nitrogen and oxygen atoms in total. The molecular weight excluding hydrogens is 244 g/mol. The summed E-state index contributed by atoms with van der Waals surface area (Å²) in [5, 5.41) is 15.1. The molecular formula is C14H20N2O3. The molecule has 0 aromatic heterocycles. The Kier molecular flexibility index (Phi) is 5.18. The van der Waals surface area contributed by atoms with Gasteiger partial charge in [0.05, 0.1) is 18.8 Å². The van der Waals surface area contributed by atoms with Crippen LogP contribution in [0.5, 0.6) is 5.75 Å². The molecule has 0 aliphatic carbocycles. The zero-order valence-electron chi connectivity index (χ0n) is 10.8. The molecule has 0 bridgehead atoms. The standard InChI is InChI=1S/C14H20N2O3/c17-11-9-13(16-10-11)14(18)15-7-4-8-19-12-5-2-1-3-6-12/h1-3,5-6,11,13,16-17H,4,7-10H2,(H,15,18). The Hall–Kier alpha value is -1.59. The number of benzene rings is 1. The number of aliphatic hydroxyl groups excluding tert-OH is 1. The summed E-state index contributed by atoms with van der Waals surface area (Å²) in [6.45, 7) is 1.65. The van der Waals surface area contributed by atoms with Gasteiger partial charge < -0.3 is 20.5 Å². The normalized spacial score (nSPS) is 22.2. The van der Waals surface area contributed by atoms with E-state index in [-0.39, 0.29) is 11.9 Å². The number of amides is 1. The number of aliphatic hydroxyl groups is 1. The number of hydrogen-bond acceptors (Lipinski definition) is 4. The fraction of sp³-hybridized carbons (Fsp3) is 0.500. The van der Waals surface area contributed by atoms with Gasteiger partial charge in [0.15, 0.2) is 0 Å². The van der Waals surface area contributed by atoms with Gasteiger partial charge in [-0.3, -0.25) is 4.79 Å². The number of carbonyl (C=O) groups is 1. The quantitative estimate of drug-likeness (QED) is 0.646. The van der Waals surface area contributed by atoms with Crippen LogP contribution in [-0.4, -0.2) is 42.9 Å². The molecule has 1 aliphatic rings. The van der Waals surface area contributed by atoms with Crippen molar-refractivity contribution in [1.29, 1.82) is 0 Å². The molecule has 1 aliphatic heterocycles. The molecule has 1 heterocycles. The van der Waals surface area contributed by atoms with Gasteiger partial charge >= 0.3 is 0 Å². The predicted molar refractivity (Wildman–Crippen MR) is 72.0 cm³/mol. The average molecular weight is 264 g/mol. The number of nitrogens with one attached hydrogen (secondary N) is 2. The summed E-state index contributed by atoms with van der Waals surface area (Å²) in [4.78, 5) is 11.7. The van der Waals surface area contributed by atoms with Gasteiger partial charge in [0, 0.05) is 13.1 Å². The smallest absolute Gasteiger partial charge is 0.237 e. The molecule has 2 atom stereocenters. The Bertz CT molecular complexity index is 397. The molecule has 2 rings (SSSR count). The van der Waals surface area contributed by atoms with Crippen LogP contribution in [-0.2, 0) is 4.79 Å². The van der Waals surface area contributed by atoms with E-state index in [4.69, 9.17) is 4.74 Å². The number of β-amino-alcohol motifs (C(OH)–C–C–N with tert-alkyl or cyclic N) is 1. The first-order chi connectivity index (χ1) is 9.25. The lowest BCUT2D eigenvalue weighted by atomic mass is 10.2. The van der Waals surface area contributed by atoms with Gasteiger partial charge in [-0.15, -0.1) is 0 Å². The van der Waals surface area contributed by atoms with Crippen molar-refractivity contribution in [2.45, 2.75) is 25.0 Å². The van der Waals surface area contributed by atoms with Crippen LogP contribution in [0.1, 0.15) is 12.8 Å². The van der Waals surface area contributed by atoms with E-state index in [2.05, 4.69) is 10.6 Å². The first-order valence-corrected chi connectivity index (χ1v) is 6.63. The minimum absolute atomic E-state index is 0.0451. The topological polar surface area (TPSA) is 70.6 Å². The Morgan fingerprint density at radius 1 is 1.42 bits per heavy atom. The molecule has 0 saturated carbocycles. The average Bonchev–Trinajstić information content (AvgIpc) is 2.86. The fourth-order valence-corrected chi connectivity index (χ4v) is 2.03.